The number of hydrogen-bond donors (Lipinski definition) is 2. The van der Waals surface area contributed by atoms with Gasteiger partial charge in [-0.15, -0.1) is 0 Å². The monoisotopic (exact) mass is 250 g/mol. The lowest BCUT2D eigenvalue weighted by atomic mass is 10.1. The highest BCUT2D eigenvalue weighted by Gasteiger charge is 2.12. The summed E-state index contributed by atoms with van der Waals surface area (Å²) >= 11 is 0. The Kier molecular flexibility index (Phi) is 5.20. The van der Waals surface area contributed by atoms with Crippen molar-refractivity contribution < 1.29 is 4.74 Å². The zero-order valence-electron chi connectivity index (χ0n) is 11.0. The summed E-state index contributed by atoms with van der Waals surface area (Å²) in [6, 6.07) is 2.52. The first-order chi connectivity index (χ1) is 8.88. The zero-order chi connectivity index (χ0) is 12.6. The molecule has 1 aliphatic rings. The molecule has 0 radical (unpaired) electrons. The molecule has 0 aliphatic carbocycles. The molecule has 1 fully saturated rings. The fourth-order valence-corrected chi connectivity index (χ4v) is 2.10. The van der Waals surface area contributed by atoms with Gasteiger partial charge in [-0.05, 0) is 32.2 Å². The normalized spacial score (nSPS) is 18.8. The lowest BCUT2D eigenvalue weighted by Crippen LogP contribution is -2.24. The number of nitrogens with one attached hydrogen (secondary N) is 2. The lowest BCUT2D eigenvalue weighted by molar-refractivity contribution is 0.305. The summed E-state index contributed by atoms with van der Waals surface area (Å²) in [7, 11) is 0. The summed E-state index contributed by atoms with van der Waals surface area (Å²) in [5.41, 5.74) is 0. The summed E-state index contributed by atoms with van der Waals surface area (Å²) in [6.45, 7) is 4.87. The van der Waals surface area contributed by atoms with Crippen LogP contribution >= 0.6 is 0 Å². The Bertz CT molecular complexity index is 353. The highest BCUT2D eigenvalue weighted by Crippen LogP contribution is 2.12. The Hall–Kier alpha value is -1.36. The van der Waals surface area contributed by atoms with E-state index in [9.17, 15) is 0 Å². The lowest BCUT2D eigenvalue weighted by Gasteiger charge is -2.11. The topological polar surface area (TPSA) is 59.1 Å². The molecule has 5 heteroatoms. The molecule has 1 saturated heterocycles. The summed E-state index contributed by atoms with van der Waals surface area (Å²) in [5, 5.41) is 6.80. The van der Waals surface area contributed by atoms with Gasteiger partial charge in [-0.2, -0.15) is 0 Å². The molecule has 1 aliphatic heterocycles. The van der Waals surface area contributed by atoms with Crippen LogP contribution < -0.4 is 15.4 Å². The predicted molar refractivity (Wildman–Crippen MR) is 71.9 cm³/mol. The minimum absolute atomic E-state index is 0.647. The number of hydrogen-bond acceptors (Lipinski definition) is 5. The third kappa shape index (κ3) is 4.14. The van der Waals surface area contributed by atoms with Crippen molar-refractivity contribution >= 4 is 5.82 Å². The molecule has 18 heavy (non-hydrogen) atoms. The van der Waals surface area contributed by atoms with E-state index in [-0.39, 0.29) is 0 Å². The van der Waals surface area contributed by atoms with Crippen LogP contribution in [0.4, 0.5) is 5.82 Å². The Morgan fingerprint density at radius 1 is 1.50 bits per heavy atom. The van der Waals surface area contributed by atoms with Crippen LogP contribution in [0, 0.1) is 0 Å². The molecule has 0 amide bonds. The van der Waals surface area contributed by atoms with Crippen molar-refractivity contribution in [3.05, 3.63) is 12.4 Å². The van der Waals surface area contributed by atoms with E-state index in [1.807, 2.05) is 6.07 Å². The number of rotatable bonds is 7. The molecule has 0 unspecified atom stereocenters. The van der Waals surface area contributed by atoms with E-state index in [1.54, 1.807) is 6.33 Å². The summed E-state index contributed by atoms with van der Waals surface area (Å²) in [6.07, 6.45) is 6.25. The van der Waals surface area contributed by atoms with Crippen LogP contribution in [0.5, 0.6) is 5.88 Å². The summed E-state index contributed by atoms with van der Waals surface area (Å²) < 4.78 is 5.47. The van der Waals surface area contributed by atoms with Crippen LogP contribution in [0.15, 0.2) is 12.4 Å². The van der Waals surface area contributed by atoms with E-state index in [0.717, 1.165) is 31.7 Å². The highest BCUT2D eigenvalue weighted by atomic mass is 16.5. The smallest absolute Gasteiger partial charge is 0.218 e. The first-order valence-electron chi connectivity index (χ1n) is 6.80. The largest absolute Gasteiger partial charge is 0.478 e. The van der Waals surface area contributed by atoms with Crippen molar-refractivity contribution in [2.24, 2.45) is 0 Å². The molecule has 0 bridgehead atoms. The third-order valence-corrected chi connectivity index (χ3v) is 3.06. The van der Waals surface area contributed by atoms with Gasteiger partial charge in [0.1, 0.15) is 12.1 Å². The van der Waals surface area contributed by atoms with Crippen molar-refractivity contribution in [1.82, 2.24) is 15.3 Å². The van der Waals surface area contributed by atoms with Crippen molar-refractivity contribution in [2.45, 2.75) is 38.6 Å². The van der Waals surface area contributed by atoms with Crippen molar-refractivity contribution in [3.63, 3.8) is 0 Å². The van der Waals surface area contributed by atoms with Gasteiger partial charge in [0.15, 0.2) is 0 Å². The molecule has 2 N–H and O–H groups in total. The van der Waals surface area contributed by atoms with Crippen LogP contribution in [0.1, 0.15) is 32.6 Å². The Morgan fingerprint density at radius 2 is 2.44 bits per heavy atom. The maximum absolute atomic E-state index is 5.47. The minimum atomic E-state index is 0.647. The fourth-order valence-electron chi connectivity index (χ4n) is 2.10. The molecule has 1 aromatic heterocycles. The van der Waals surface area contributed by atoms with Gasteiger partial charge in [-0.25, -0.2) is 9.97 Å². The molecule has 100 valence electrons. The van der Waals surface area contributed by atoms with Crippen LogP contribution in [-0.4, -0.2) is 35.7 Å². The standard InChI is InChI=1S/C13H22N4O/c1-2-8-18-13-9-12(16-10-17-13)15-7-5-11-4-3-6-14-11/h9-11,14H,2-8H2,1H3,(H,15,16,17)/t11-/m1/s1. The molecule has 1 aromatic rings. The SMILES string of the molecule is CCCOc1cc(NCC[C@H]2CCCN2)ncn1. The molecular weight excluding hydrogens is 228 g/mol. The molecule has 0 saturated carbocycles. The average Bonchev–Trinajstić information content (AvgIpc) is 2.90. The van der Waals surface area contributed by atoms with Gasteiger partial charge in [0.2, 0.25) is 5.88 Å². The second kappa shape index (κ2) is 7.16. The van der Waals surface area contributed by atoms with Crippen molar-refractivity contribution in [2.75, 3.05) is 25.0 Å². The number of aromatic nitrogens is 2. The van der Waals surface area contributed by atoms with E-state index in [4.69, 9.17) is 4.74 Å². The highest BCUT2D eigenvalue weighted by molar-refractivity contribution is 5.36. The maximum Gasteiger partial charge on any atom is 0.218 e. The Balaban J connectivity index is 1.74. The zero-order valence-corrected chi connectivity index (χ0v) is 11.0. The number of nitrogens with zero attached hydrogens (tertiary/aromatic N) is 2. The van der Waals surface area contributed by atoms with Crippen LogP contribution in [-0.2, 0) is 0 Å². The van der Waals surface area contributed by atoms with Gasteiger partial charge in [-0.3, -0.25) is 0 Å². The molecule has 1 atom stereocenters. The van der Waals surface area contributed by atoms with Gasteiger partial charge < -0.3 is 15.4 Å². The molecular formula is C13H22N4O. The number of ether oxygens (including phenoxy) is 1. The third-order valence-electron chi connectivity index (χ3n) is 3.06. The molecule has 0 aromatic carbocycles. The first kappa shape index (κ1) is 13.1. The maximum atomic E-state index is 5.47. The summed E-state index contributed by atoms with van der Waals surface area (Å²) in [5.74, 6) is 1.49. The van der Waals surface area contributed by atoms with Crippen molar-refractivity contribution in [1.29, 1.82) is 0 Å². The fraction of sp³-hybridized carbons (Fsp3) is 0.692. The van der Waals surface area contributed by atoms with E-state index in [2.05, 4.69) is 27.5 Å². The second-order valence-corrected chi connectivity index (χ2v) is 4.60. The quantitative estimate of drug-likeness (QED) is 0.773. The van der Waals surface area contributed by atoms with Crippen LogP contribution in [0.25, 0.3) is 0 Å². The number of anilines is 1. The van der Waals surface area contributed by atoms with Crippen LogP contribution in [0.3, 0.4) is 0 Å². The van der Waals surface area contributed by atoms with Gasteiger partial charge in [0, 0.05) is 18.7 Å². The van der Waals surface area contributed by atoms with E-state index >= 15 is 0 Å². The Morgan fingerprint density at radius 3 is 3.22 bits per heavy atom. The van der Waals surface area contributed by atoms with E-state index in [0.29, 0.717) is 18.5 Å². The minimum Gasteiger partial charge on any atom is -0.478 e. The second-order valence-electron chi connectivity index (χ2n) is 4.60. The Labute approximate surface area is 108 Å². The van der Waals surface area contributed by atoms with Crippen LogP contribution in [0.2, 0.25) is 0 Å². The molecule has 0 spiro atoms. The predicted octanol–water partition coefficient (Wildman–Crippen LogP) is 1.82. The van der Waals surface area contributed by atoms with Gasteiger partial charge in [-0.1, -0.05) is 6.92 Å². The molecule has 5 nitrogen and oxygen atoms in total. The average molecular weight is 250 g/mol. The molecule has 2 rings (SSSR count). The van der Waals surface area contributed by atoms with Gasteiger partial charge >= 0.3 is 0 Å². The van der Waals surface area contributed by atoms with Gasteiger partial charge in [0.05, 0.1) is 6.61 Å². The first-order valence-corrected chi connectivity index (χ1v) is 6.80. The molecule has 2 heterocycles. The summed E-state index contributed by atoms with van der Waals surface area (Å²) in [4.78, 5) is 8.27. The van der Waals surface area contributed by atoms with E-state index in [1.165, 1.54) is 12.8 Å². The van der Waals surface area contributed by atoms with Gasteiger partial charge in [0.25, 0.3) is 0 Å². The van der Waals surface area contributed by atoms with Crippen molar-refractivity contribution in [3.8, 4) is 5.88 Å². The van der Waals surface area contributed by atoms with E-state index < -0.39 is 0 Å².